The Kier molecular flexibility index (Phi) is 4.50. The second-order valence-corrected chi connectivity index (χ2v) is 5.28. The molecule has 1 fully saturated rings. The Morgan fingerprint density at radius 3 is 2.95 bits per heavy atom. The SMILES string of the molecule is Cc1ccc(CNC2CCCC(O)C2)cc1[N+](=O)[O-]. The molecule has 5 heteroatoms. The summed E-state index contributed by atoms with van der Waals surface area (Å²) in [6.07, 6.45) is 3.54. The van der Waals surface area contributed by atoms with Crippen LogP contribution in [0.4, 0.5) is 5.69 Å². The predicted molar refractivity (Wildman–Crippen MR) is 72.9 cm³/mol. The second kappa shape index (κ2) is 6.12. The minimum absolute atomic E-state index is 0.169. The van der Waals surface area contributed by atoms with Gasteiger partial charge in [0.2, 0.25) is 0 Å². The third-order valence-electron chi connectivity index (χ3n) is 3.71. The number of nitro benzene ring substituents is 1. The van der Waals surface area contributed by atoms with Crippen LogP contribution in [-0.4, -0.2) is 22.2 Å². The van der Waals surface area contributed by atoms with Gasteiger partial charge in [-0.3, -0.25) is 10.1 Å². The van der Waals surface area contributed by atoms with Crippen LogP contribution in [0.2, 0.25) is 0 Å². The third-order valence-corrected chi connectivity index (χ3v) is 3.71. The number of nitrogens with zero attached hydrogens (tertiary/aromatic N) is 1. The fourth-order valence-electron chi connectivity index (χ4n) is 2.57. The summed E-state index contributed by atoms with van der Waals surface area (Å²) >= 11 is 0. The molecule has 2 rings (SSSR count). The summed E-state index contributed by atoms with van der Waals surface area (Å²) in [5.74, 6) is 0. The number of aliphatic hydroxyl groups excluding tert-OH is 1. The van der Waals surface area contributed by atoms with Crippen LogP contribution < -0.4 is 5.32 Å². The van der Waals surface area contributed by atoms with Gasteiger partial charge in [0.1, 0.15) is 0 Å². The maximum absolute atomic E-state index is 10.9. The summed E-state index contributed by atoms with van der Waals surface area (Å²) in [4.78, 5) is 10.5. The molecular weight excluding hydrogens is 244 g/mol. The highest BCUT2D eigenvalue weighted by Crippen LogP contribution is 2.21. The molecule has 2 N–H and O–H groups in total. The van der Waals surface area contributed by atoms with E-state index < -0.39 is 0 Å². The molecule has 0 radical (unpaired) electrons. The summed E-state index contributed by atoms with van der Waals surface area (Å²) in [6, 6.07) is 5.63. The number of benzene rings is 1. The van der Waals surface area contributed by atoms with Gasteiger partial charge in [-0.1, -0.05) is 12.1 Å². The van der Waals surface area contributed by atoms with Crippen LogP contribution in [-0.2, 0) is 6.54 Å². The summed E-state index contributed by atoms with van der Waals surface area (Å²) in [5.41, 5.74) is 1.77. The Bertz CT molecular complexity index is 462. The van der Waals surface area contributed by atoms with Crippen molar-refractivity contribution in [1.82, 2.24) is 5.32 Å². The van der Waals surface area contributed by atoms with Crippen molar-refractivity contribution in [2.45, 2.75) is 51.3 Å². The van der Waals surface area contributed by atoms with Gasteiger partial charge in [-0.15, -0.1) is 0 Å². The Morgan fingerprint density at radius 1 is 1.47 bits per heavy atom. The minimum atomic E-state index is -0.344. The van der Waals surface area contributed by atoms with Crippen molar-refractivity contribution in [1.29, 1.82) is 0 Å². The molecule has 0 bridgehead atoms. The summed E-state index contributed by atoms with van der Waals surface area (Å²) < 4.78 is 0. The third kappa shape index (κ3) is 3.75. The second-order valence-electron chi connectivity index (χ2n) is 5.28. The van der Waals surface area contributed by atoms with Crippen LogP contribution in [0, 0.1) is 17.0 Å². The number of rotatable bonds is 4. The average Bonchev–Trinajstić information content (AvgIpc) is 2.37. The number of hydrogen-bond acceptors (Lipinski definition) is 4. The van der Waals surface area contributed by atoms with Crippen molar-refractivity contribution in [3.05, 3.63) is 39.4 Å². The average molecular weight is 264 g/mol. The summed E-state index contributed by atoms with van der Waals surface area (Å²) in [7, 11) is 0. The Morgan fingerprint density at radius 2 is 2.26 bits per heavy atom. The van der Waals surface area contributed by atoms with E-state index >= 15 is 0 Å². The molecule has 1 aliphatic carbocycles. The number of aryl methyl sites for hydroxylation is 1. The molecule has 1 aliphatic rings. The lowest BCUT2D eigenvalue weighted by molar-refractivity contribution is -0.385. The zero-order valence-electron chi connectivity index (χ0n) is 11.1. The Hall–Kier alpha value is -1.46. The van der Waals surface area contributed by atoms with E-state index in [2.05, 4.69) is 5.32 Å². The van der Waals surface area contributed by atoms with Gasteiger partial charge in [-0.25, -0.2) is 0 Å². The highest BCUT2D eigenvalue weighted by Gasteiger charge is 2.19. The zero-order chi connectivity index (χ0) is 13.8. The zero-order valence-corrected chi connectivity index (χ0v) is 11.1. The Labute approximate surface area is 112 Å². The maximum atomic E-state index is 10.9. The van der Waals surface area contributed by atoms with Gasteiger partial charge in [0.25, 0.3) is 5.69 Å². The van der Waals surface area contributed by atoms with Crippen LogP contribution in [0.3, 0.4) is 0 Å². The fourth-order valence-corrected chi connectivity index (χ4v) is 2.57. The van der Waals surface area contributed by atoms with E-state index in [0.717, 1.165) is 31.2 Å². The van der Waals surface area contributed by atoms with Gasteiger partial charge >= 0.3 is 0 Å². The van der Waals surface area contributed by atoms with E-state index in [4.69, 9.17) is 0 Å². The van der Waals surface area contributed by atoms with Gasteiger partial charge in [-0.05, 0) is 38.2 Å². The lowest BCUT2D eigenvalue weighted by Crippen LogP contribution is -2.35. The van der Waals surface area contributed by atoms with Crippen molar-refractivity contribution >= 4 is 5.69 Å². The van der Waals surface area contributed by atoms with Crippen molar-refractivity contribution < 1.29 is 10.0 Å². The first-order valence-corrected chi connectivity index (χ1v) is 6.71. The monoisotopic (exact) mass is 264 g/mol. The van der Waals surface area contributed by atoms with Gasteiger partial charge in [0.05, 0.1) is 11.0 Å². The molecule has 0 spiro atoms. The van der Waals surface area contributed by atoms with Gasteiger partial charge in [-0.2, -0.15) is 0 Å². The van der Waals surface area contributed by atoms with E-state index in [1.165, 1.54) is 0 Å². The molecule has 0 saturated heterocycles. The van der Waals surface area contributed by atoms with Gasteiger partial charge < -0.3 is 10.4 Å². The van der Waals surface area contributed by atoms with Crippen LogP contribution >= 0.6 is 0 Å². The molecule has 1 aromatic rings. The molecule has 2 atom stereocenters. The Balaban J connectivity index is 1.96. The molecule has 2 unspecified atom stereocenters. The smallest absolute Gasteiger partial charge is 0.272 e. The maximum Gasteiger partial charge on any atom is 0.272 e. The van der Waals surface area contributed by atoms with E-state index in [1.54, 1.807) is 19.1 Å². The first kappa shape index (κ1) is 14.0. The quantitative estimate of drug-likeness (QED) is 0.646. The highest BCUT2D eigenvalue weighted by molar-refractivity contribution is 5.42. The normalized spacial score (nSPS) is 23.3. The summed E-state index contributed by atoms with van der Waals surface area (Å²) in [5, 5.41) is 23.8. The number of nitrogens with one attached hydrogen (secondary N) is 1. The van der Waals surface area contributed by atoms with Crippen LogP contribution in [0.5, 0.6) is 0 Å². The molecule has 0 aliphatic heterocycles. The van der Waals surface area contributed by atoms with Crippen molar-refractivity contribution in [3.63, 3.8) is 0 Å². The first-order valence-electron chi connectivity index (χ1n) is 6.71. The molecule has 0 heterocycles. The molecule has 0 aromatic heterocycles. The minimum Gasteiger partial charge on any atom is -0.393 e. The fraction of sp³-hybridized carbons (Fsp3) is 0.571. The van der Waals surface area contributed by atoms with E-state index in [-0.39, 0.29) is 16.7 Å². The van der Waals surface area contributed by atoms with E-state index in [9.17, 15) is 15.2 Å². The molecular formula is C14H20N2O3. The number of hydrogen-bond donors (Lipinski definition) is 2. The largest absolute Gasteiger partial charge is 0.393 e. The molecule has 1 saturated carbocycles. The standard InChI is InChI=1S/C14H20N2O3/c1-10-5-6-11(7-14(10)16(18)19)9-15-12-3-2-4-13(17)8-12/h5-7,12-13,15,17H,2-4,8-9H2,1H3. The summed E-state index contributed by atoms with van der Waals surface area (Å²) in [6.45, 7) is 2.35. The van der Waals surface area contributed by atoms with Crippen LogP contribution in [0.1, 0.15) is 36.8 Å². The molecule has 5 nitrogen and oxygen atoms in total. The van der Waals surface area contributed by atoms with Crippen LogP contribution in [0.25, 0.3) is 0 Å². The molecule has 0 amide bonds. The van der Waals surface area contributed by atoms with Crippen LogP contribution in [0.15, 0.2) is 18.2 Å². The van der Waals surface area contributed by atoms with Gasteiger partial charge in [0.15, 0.2) is 0 Å². The lowest BCUT2D eigenvalue weighted by Gasteiger charge is -2.26. The van der Waals surface area contributed by atoms with Gasteiger partial charge in [0, 0.05) is 24.2 Å². The highest BCUT2D eigenvalue weighted by atomic mass is 16.6. The van der Waals surface area contributed by atoms with Crippen molar-refractivity contribution in [2.75, 3.05) is 0 Å². The number of nitro groups is 1. The first-order chi connectivity index (χ1) is 9.06. The topological polar surface area (TPSA) is 75.4 Å². The van der Waals surface area contributed by atoms with E-state index in [0.29, 0.717) is 18.2 Å². The molecule has 19 heavy (non-hydrogen) atoms. The molecule has 1 aromatic carbocycles. The lowest BCUT2D eigenvalue weighted by atomic mass is 9.93. The number of aliphatic hydroxyl groups is 1. The van der Waals surface area contributed by atoms with E-state index in [1.807, 2.05) is 6.07 Å². The van der Waals surface area contributed by atoms with Crippen molar-refractivity contribution in [3.8, 4) is 0 Å². The molecule has 104 valence electrons. The predicted octanol–water partition coefficient (Wildman–Crippen LogP) is 2.30. The van der Waals surface area contributed by atoms with Crippen molar-refractivity contribution in [2.24, 2.45) is 0 Å².